The third-order valence-corrected chi connectivity index (χ3v) is 3.80. The van der Waals surface area contributed by atoms with Crippen LogP contribution in [-0.2, 0) is 9.53 Å². The molecule has 1 aromatic rings. The Morgan fingerprint density at radius 3 is 2.81 bits per heavy atom. The van der Waals surface area contributed by atoms with Crippen molar-refractivity contribution < 1.29 is 19.0 Å². The predicted octanol–water partition coefficient (Wildman–Crippen LogP) is 1.83. The van der Waals surface area contributed by atoms with Gasteiger partial charge in [-0.15, -0.1) is 0 Å². The Hall–Kier alpha value is -2.08. The molecule has 3 rings (SSSR count). The lowest BCUT2D eigenvalue weighted by atomic mass is 9.99. The lowest BCUT2D eigenvalue weighted by Gasteiger charge is -2.16. The van der Waals surface area contributed by atoms with Crippen molar-refractivity contribution in [2.75, 3.05) is 32.4 Å². The molecule has 112 valence electrons. The molecule has 1 unspecified atom stereocenters. The number of carbonyl (C=O) groups excluding carboxylic acids is 1. The number of hydrazone groups is 1. The SMILES string of the molecule is COc1ccc(N2N=C3CCOCCC3C2=O)cc1OC. The van der Waals surface area contributed by atoms with Crippen LogP contribution in [-0.4, -0.2) is 39.1 Å². The lowest BCUT2D eigenvalue weighted by molar-refractivity contribution is -0.120. The molecule has 1 fully saturated rings. The maximum Gasteiger partial charge on any atom is 0.256 e. The summed E-state index contributed by atoms with van der Waals surface area (Å²) >= 11 is 0. The molecular formula is C15H18N2O4. The summed E-state index contributed by atoms with van der Waals surface area (Å²) in [5.41, 5.74) is 1.60. The molecule has 1 aromatic carbocycles. The van der Waals surface area contributed by atoms with E-state index in [4.69, 9.17) is 14.2 Å². The Morgan fingerprint density at radius 1 is 1.24 bits per heavy atom. The fourth-order valence-corrected chi connectivity index (χ4v) is 2.67. The van der Waals surface area contributed by atoms with Gasteiger partial charge in [0.25, 0.3) is 5.91 Å². The monoisotopic (exact) mass is 290 g/mol. The van der Waals surface area contributed by atoms with Gasteiger partial charge in [0.2, 0.25) is 0 Å². The molecule has 0 aromatic heterocycles. The highest BCUT2D eigenvalue weighted by molar-refractivity contribution is 6.15. The molecule has 1 saturated heterocycles. The summed E-state index contributed by atoms with van der Waals surface area (Å²) in [4.78, 5) is 12.5. The summed E-state index contributed by atoms with van der Waals surface area (Å²) in [6, 6.07) is 5.35. The predicted molar refractivity (Wildman–Crippen MR) is 78.0 cm³/mol. The van der Waals surface area contributed by atoms with E-state index in [-0.39, 0.29) is 11.8 Å². The number of hydrogen-bond donors (Lipinski definition) is 0. The Labute approximate surface area is 123 Å². The number of fused-ring (bicyclic) bond motifs is 1. The van der Waals surface area contributed by atoms with Crippen LogP contribution in [0.2, 0.25) is 0 Å². The summed E-state index contributed by atoms with van der Waals surface area (Å²) in [5, 5.41) is 5.94. The van der Waals surface area contributed by atoms with E-state index in [9.17, 15) is 4.79 Å². The van der Waals surface area contributed by atoms with E-state index < -0.39 is 0 Å². The maximum absolute atomic E-state index is 12.5. The second-order valence-electron chi connectivity index (χ2n) is 4.98. The molecule has 0 aliphatic carbocycles. The summed E-state index contributed by atoms with van der Waals surface area (Å²) in [6.07, 6.45) is 1.40. The number of methoxy groups -OCH3 is 2. The van der Waals surface area contributed by atoms with E-state index in [1.54, 1.807) is 26.4 Å². The zero-order valence-corrected chi connectivity index (χ0v) is 12.2. The number of rotatable bonds is 3. The van der Waals surface area contributed by atoms with Gasteiger partial charge in [0.15, 0.2) is 11.5 Å². The van der Waals surface area contributed by atoms with Crippen LogP contribution in [0.15, 0.2) is 23.3 Å². The van der Waals surface area contributed by atoms with Crippen LogP contribution in [0.5, 0.6) is 11.5 Å². The number of hydrogen-bond acceptors (Lipinski definition) is 5. The average Bonchev–Trinajstić information content (AvgIpc) is 2.69. The Bertz CT molecular complexity index is 585. The topological polar surface area (TPSA) is 60.4 Å². The van der Waals surface area contributed by atoms with Crippen LogP contribution in [0.1, 0.15) is 12.8 Å². The minimum atomic E-state index is -0.152. The standard InChI is InChI=1S/C15H18N2O4/c1-19-13-4-3-10(9-14(13)20-2)17-15(18)11-5-7-21-8-6-12(11)16-17/h3-4,9,11H,5-8H2,1-2H3. The number of ether oxygens (including phenoxy) is 3. The van der Waals surface area contributed by atoms with Crippen molar-refractivity contribution in [3.8, 4) is 11.5 Å². The fraction of sp³-hybridized carbons (Fsp3) is 0.467. The minimum absolute atomic E-state index is 0.00252. The van der Waals surface area contributed by atoms with Crippen molar-refractivity contribution >= 4 is 17.3 Å². The van der Waals surface area contributed by atoms with Crippen LogP contribution < -0.4 is 14.5 Å². The molecule has 2 heterocycles. The Morgan fingerprint density at radius 2 is 2.05 bits per heavy atom. The van der Waals surface area contributed by atoms with Gasteiger partial charge in [-0.05, 0) is 18.6 Å². The molecule has 0 bridgehead atoms. The van der Waals surface area contributed by atoms with Crippen LogP contribution in [0, 0.1) is 5.92 Å². The summed E-state index contributed by atoms with van der Waals surface area (Å²) in [7, 11) is 3.15. The zero-order valence-electron chi connectivity index (χ0n) is 12.2. The van der Waals surface area contributed by atoms with Gasteiger partial charge in [-0.3, -0.25) is 4.79 Å². The first kappa shape index (κ1) is 13.9. The van der Waals surface area contributed by atoms with E-state index in [0.717, 1.165) is 5.71 Å². The molecule has 0 radical (unpaired) electrons. The molecule has 1 atom stereocenters. The largest absolute Gasteiger partial charge is 0.493 e. The van der Waals surface area contributed by atoms with Gasteiger partial charge in [0.1, 0.15) is 0 Å². The molecular weight excluding hydrogens is 272 g/mol. The van der Waals surface area contributed by atoms with Gasteiger partial charge in [-0.25, -0.2) is 5.01 Å². The molecule has 2 aliphatic heterocycles. The maximum atomic E-state index is 12.5. The van der Waals surface area contributed by atoms with Gasteiger partial charge in [-0.2, -0.15) is 5.10 Å². The third kappa shape index (κ3) is 2.47. The quantitative estimate of drug-likeness (QED) is 0.852. The van der Waals surface area contributed by atoms with E-state index in [1.165, 1.54) is 5.01 Å². The Balaban J connectivity index is 1.92. The van der Waals surface area contributed by atoms with Gasteiger partial charge in [0.05, 0.1) is 38.1 Å². The van der Waals surface area contributed by atoms with Crippen molar-refractivity contribution in [2.45, 2.75) is 12.8 Å². The van der Waals surface area contributed by atoms with Crippen LogP contribution in [0.25, 0.3) is 0 Å². The zero-order chi connectivity index (χ0) is 14.8. The van der Waals surface area contributed by atoms with Crippen molar-refractivity contribution in [3.63, 3.8) is 0 Å². The second kappa shape index (κ2) is 5.73. The van der Waals surface area contributed by atoms with Crippen molar-refractivity contribution in [1.29, 1.82) is 0 Å². The van der Waals surface area contributed by atoms with E-state index >= 15 is 0 Å². The average molecular weight is 290 g/mol. The summed E-state index contributed by atoms with van der Waals surface area (Å²) in [6.45, 7) is 1.23. The molecule has 0 N–H and O–H groups in total. The van der Waals surface area contributed by atoms with Gasteiger partial charge in [-0.1, -0.05) is 0 Å². The number of amides is 1. The number of benzene rings is 1. The lowest BCUT2D eigenvalue weighted by Crippen LogP contribution is -2.27. The summed E-state index contributed by atoms with van der Waals surface area (Å²) in [5.74, 6) is 1.06. The third-order valence-electron chi connectivity index (χ3n) is 3.80. The highest BCUT2D eigenvalue weighted by atomic mass is 16.5. The first-order valence-corrected chi connectivity index (χ1v) is 6.95. The van der Waals surface area contributed by atoms with Crippen molar-refractivity contribution in [1.82, 2.24) is 0 Å². The molecule has 0 spiro atoms. The normalized spacial score (nSPS) is 21.6. The molecule has 6 nitrogen and oxygen atoms in total. The van der Waals surface area contributed by atoms with E-state index in [2.05, 4.69) is 5.10 Å². The minimum Gasteiger partial charge on any atom is -0.493 e. The highest BCUT2D eigenvalue weighted by Crippen LogP contribution is 2.34. The Kier molecular flexibility index (Phi) is 3.79. The van der Waals surface area contributed by atoms with Crippen molar-refractivity contribution in [2.24, 2.45) is 11.0 Å². The first-order chi connectivity index (χ1) is 10.2. The molecule has 1 amide bonds. The van der Waals surface area contributed by atoms with E-state index in [0.29, 0.717) is 43.2 Å². The van der Waals surface area contributed by atoms with E-state index in [1.807, 2.05) is 6.07 Å². The number of nitrogens with zero attached hydrogens (tertiary/aromatic N) is 2. The fourth-order valence-electron chi connectivity index (χ4n) is 2.67. The number of carbonyl (C=O) groups is 1. The van der Waals surface area contributed by atoms with Gasteiger partial charge in [0, 0.05) is 19.1 Å². The van der Waals surface area contributed by atoms with Gasteiger partial charge < -0.3 is 14.2 Å². The number of anilines is 1. The van der Waals surface area contributed by atoms with Crippen LogP contribution >= 0.6 is 0 Å². The second-order valence-corrected chi connectivity index (χ2v) is 4.98. The smallest absolute Gasteiger partial charge is 0.256 e. The molecule has 21 heavy (non-hydrogen) atoms. The van der Waals surface area contributed by atoms with Crippen molar-refractivity contribution in [3.05, 3.63) is 18.2 Å². The first-order valence-electron chi connectivity index (χ1n) is 6.95. The molecule has 2 aliphatic rings. The van der Waals surface area contributed by atoms with Crippen LogP contribution in [0.3, 0.4) is 0 Å². The summed E-state index contributed by atoms with van der Waals surface area (Å²) < 4.78 is 15.9. The van der Waals surface area contributed by atoms with Crippen LogP contribution in [0.4, 0.5) is 5.69 Å². The molecule has 6 heteroatoms. The molecule has 0 saturated carbocycles. The highest BCUT2D eigenvalue weighted by Gasteiger charge is 2.37. The van der Waals surface area contributed by atoms with Gasteiger partial charge >= 0.3 is 0 Å².